The second kappa shape index (κ2) is 9.09. The van der Waals surface area contributed by atoms with Gasteiger partial charge in [-0.3, -0.25) is 0 Å². The predicted octanol–water partition coefficient (Wildman–Crippen LogP) is 5.03. The molecule has 0 aliphatic heterocycles. The molecule has 3 nitrogen and oxygen atoms in total. The summed E-state index contributed by atoms with van der Waals surface area (Å²) in [6.07, 6.45) is 0. The van der Waals surface area contributed by atoms with Gasteiger partial charge in [-0.2, -0.15) is 0 Å². The molecule has 0 aromatic heterocycles. The van der Waals surface area contributed by atoms with E-state index in [0.29, 0.717) is 5.56 Å². The Balaban J connectivity index is 2.40. The minimum atomic E-state index is -2.40. The van der Waals surface area contributed by atoms with Crippen molar-refractivity contribution in [2.75, 3.05) is 7.11 Å². The topological polar surface area (TPSA) is 38.7 Å². The van der Waals surface area contributed by atoms with Crippen LogP contribution < -0.4 is 8.79 Å². The second-order valence-electron chi connectivity index (χ2n) is 8.02. The maximum absolute atomic E-state index is 12.4. The molecule has 0 N–H and O–H groups in total. The maximum atomic E-state index is 12.4. The summed E-state index contributed by atoms with van der Waals surface area (Å²) in [5, 5.41) is 0. The molecule has 0 heterocycles. The van der Waals surface area contributed by atoms with Crippen LogP contribution >= 0.6 is 0 Å². The first kappa shape index (κ1) is 22.2. The average Bonchev–Trinajstić information content (AvgIpc) is 2.66. The number of esters is 1. The van der Waals surface area contributed by atoms with Crippen LogP contribution in [0.2, 0.25) is 0 Å². The standard InChI is InChI=1S/C26H29GeNO2/c1-16-12-18(3)24(19(4)13-16)27(25-20(5)14-17(2)15-21(25)6)28-23-11-9-8-10-22(23)26(29)30-7/h8-15H,1-7H3. The Morgan fingerprint density at radius 2 is 1.20 bits per heavy atom. The zero-order chi connectivity index (χ0) is 22.0. The number of methoxy groups -OCH3 is 1. The number of nitrogens with zero attached hydrogens (tertiary/aromatic N) is 1. The third-order valence-electron chi connectivity index (χ3n) is 5.37. The molecule has 0 radical (unpaired) electrons. The molecule has 154 valence electrons. The molecule has 0 unspecified atom stereocenters. The van der Waals surface area contributed by atoms with Crippen LogP contribution in [0.3, 0.4) is 0 Å². The molecule has 0 aliphatic rings. The molecule has 30 heavy (non-hydrogen) atoms. The van der Waals surface area contributed by atoms with Crippen LogP contribution in [0.15, 0.2) is 52.4 Å². The van der Waals surface area contributed by atoms with Crippen LogP contribution in [0.1, 0.15) is 43.7 Å². The fourth-order valence-corrected chi connectivity index (χ4v) is 9.97. The predicted molar refractivity (Wildman–Crippen MR) is 126 cm³/mol. The van der Waals surface area contributed by atoms with E-state index in [0.717, 1.165) is 5.69 Å². The van der Waals surface area contributed by atoms with E-state index in [4.69, 9.17) is 8.64 Å². The minimum absolute atomic E-state index is 0.346. The van der Waals surface area contributed by atoms with E-state index in [1.165, 1.54) is 49.3 Å². The van der Waals surface area contributed by atoms with Gasteiger partial charge in [0.25, 0.3) is 0 Å². The van der Waals surface area contributed by atoms with Gasteiger partial charge in [-0.1, -0.05) is 0 Å². The van der Waals surface area contributed by atoms with Crippen LogP contribution in [0.5, 0.6) is 0 Å². The molecule has 0 atom stereocenters. The molecule has 0 saturated carbocycles. The zero-order valence-electron chi connectivity index (χ0n) is 18.9. The molecular weight excluding hydrogens is 431 g/mol. The Bertz CT molecular complexity index is 1060. The fraction of sp³-hybridized carbons (Fsp3) is 0.269. The van der Waals surface area contributed by atoms with Crippen LogP contribution in [-0.4, -0.2) is 27.2 Å². The number of benzene rings is 3. The van der Waals surface area contributed by atoms with Crippen molar-refractivity contribution in [3.8, 4) is 0 Å². The van der Waals surface area contributed by atoms with Crippen molar-refractivity contribution >= 4 is 34.6 Å². The Morgan fingerprint density at radius 1 is 0.767 bits per heavy atom. The summed E-state index contributed by atoms with van der Waals surface area (Å²) in [5.41, 5.74) is 8.88. The van der Waals surface area contributed by atoms with Crippen LogP contribution in [-0.2, 0) is 4.74 Å². The number of aryl methyl sites for hydroxylation is 6. The number of carbonyl (C=O) groups is 1. The molecule has 3 rings (SSSR count). The Hall–Kier alpha value is -2.53. The quantitative estimate of drug-likeness (QED) is 0.405. The van der Waals surface area contributed by atoms with Crippen molar-refractivity contribution in [3.05, 3.63) is 87.5 Å². The summed E-state index contributed by atoms with van der Waals surface area (Å²) >= 11 is -2.40. The molecule has 0 saturated heterocycles. The van der Waals surface area contributed by atoms with E-state index in [1.807, 2.05) is 18.2 Å². The summed E-state index contributed by atoms with van der Waals surface area (Å²) < 4.78 is 13.1. The molecule has 0 amide bonds. The van der Waals surface area contributed by atoms with Crippen LogP contribution in [0.25, 0.3) is 0 Å². The van der Waals surface area contributed by atoms with Gasteiger partial charge < -0.3 is 0 Å². The summed E-state index contributed by atoms with van der Waals surface area (Å²) in [6, 6.07) is 16.5. The van der Waals surface area contributed by atoms with Gasteiger partial charge in [0.15, 0.2) is 0 Å². The second-order valence-corrected chi connectivity index (χ2v) is 12.0. The molecule has 3 aromatic rings. The van der Waals surface area contributed by atoms with Crippen molar-refractivity contribution in [1.29, 1.82) is 0 Å². The third kappa shape index (κ3) is 4.46. The normalized spacial score (nSPS) is 10.6. The fourth-order valence-electron chi connectivity index (χ4n) is 4.32. The van der Waals surface area contributed by atoms with Gasteiger partial charge in [-0.25, -0.2) is 0 Å². The number of hydrogen-bond donors (Lipinski definition) is 0. The first-order chi connectivity index (χ1) is 14.2. The van der Waals surface area contributed by atoms with E-state index in [1.54, 1.807) is 6.07 Å². The van der Waals surface area contributed by atoms with E-state index in [-0.39, 0.29) is 5.97 Å². The van der Waals surface area contributed by atoms with Gasteiger partial charge >= 0.3 is 184 Å². The first-order valence-electron chi connectivity index (χ1n) is 10.2. The van der Waals surface area contributed by atoms with Crippen molar-refractivity contribution < 1.29 is 9.53 Å². The van der Waals surface area contributed by atoms with Crippen molar-refractivity contribution in [2.45, 2.75) is 41.5 Å². The van der Waals surface area contributed by atoms with Crippen molar-refractivity contribution in [2.24, 2.45) is 3.90 Å². The van der Waals surface area contributed by atoms with E-state index >= 15 is 0 Å². The number of hydrogen-bond acceptors (Lipinski definition) is 3. The molecule has 4 heteroatoms. The summed E-state index contributed by atoms with van der Waals surface area (Å²) in [7, 11) is 1.42. The van der Waals surface area contributed by atoms with Crippen LogP contribution in [0, 0.1) is 41.5 Å². The molecule has 0 bridgehead atoms. The van der Waals surface area contributed by atoms with Gasteiger partial charge in [-0.05, 0) is 0 Å². The zero-order valence-corrected chi connectivity index (χ0v) is 21.0. The van der Waals surface area contributed by atoms with Gasteiger partial charge in [-0.15, -0.1) is 0 Å². The molecule has 3 aromatic carbocycles. The van der Waals surface area contributed by atoms with E-state index < -0.39 is 14.2 Å². The molecular formula is C26H29GeNO2. The summed E-state index contributed by atoms with van der Waals surface area (Å²) in [5.74, 6) is -0.346. The Morgan fingerprint density at radius 3 is 1.63 bits per heavy atom. The average molecular weight is 460 g/mol. The monoisotopic (exact) mass is 461 g/mol. The first-order valence-corrected chi connectivity index (χ1v) is 13.2. The van der Waals surface area contributed by atoms with Gasteiger partial charge in [0.2, 0.25) is 0 Å². The molecule has 0 fully saturated rings. The summed E-state index contributed by atoms with van der Waals surface area (Å²) in [4.78, 5) is 12.4. The summed E-state index contributed by atoms with van der Waals surface area (Å²) in [6.45, 7) is 13.0. The number of carbonyl (C=O) groups excluding carboxylic acids is 1. The van der Waals surface area contributed by atoms with E-state index in [2.05, 4.69) is 65.8 Å². The van der Waals surface area contributed by atoms with Crippen molar-refractivity contribution in [3.63, 3.8) is 0 Å². The number of rotatable bonds is 4. The number of ether oxygens (including phenoxy) is 1. The third-order valence-corrected chi connectivity index (χ3v) is 11.6. The van der Waals surface area contributed by atoms with Gasteiger partial charge in [0.05, 0.1) is 0 Å². The van der Waals surface area contributed by atoms with Gasteiger partial charge in [0, 0.05) is 0 Å². The SMILES string of the molecule is COC(=O)c1ccccc1[N]=[Ge]([c]1c(C)cc(C)cc1C)[c]1c(C)cc(C)cc1C. The van der Waals surface area contributed by atoms with E-state index in [9.17, 15) is 4.79 Å². The molecule has 0 aliphatic carbocycles. The Kier molecular flexibility index (Phi) is 6.72. The van der Waals surface area contributed by atoms with Gasteiger partial charge in [0.1, 0.15) is 0 Å². The van der Waals surface area contributed by atoms with Crippen LogP contribution in [0.4, 0.5) is 5.69 Å². The van der Waals surface area contributed by atoms with Crippen molar-refractivity contribution in [1.82, 2.24) is 0 Å². The Labute approximate surface area is 184 Å². The molecule has 0 spiro atoms.